The summed E-state index contributed by atoms with van der Waals surface area (Å²) in [4.78, 5) is 23.9. The molecule has 26 heavy (non-hydrogen) atoms. The van der Waals surface area contributed by atoms with Crippen LogP contribution < -0.4 is 5.32 Å². The summed E-state index contributed by atoms with van der Waals surface area (Å²) in [7, 11) is -3.67. The number of carboxylic acid groups (broad SMARTS) is 1. The number of hydrogen-bond donors (Lipinski definition) is 2. The van der Waals surface area contributed by atoms with Gasteiger partial charge in [-0.05, 0) is 43.9 Å². The van der Waals surface area contributed by atoms with Crippen molar-refractivity contribution in [2.75, 3.05) is 13.1 Å². The Kier molecular flexibility index (Phi) is 6.08. The van der Waals surface area contributed by atoms with E-state index in [2.05, 4.69) is 5.32 Å². The Labute approximate surface area is 154 Å². The molecule has 1 aliphatic rings. The van der Waals surface area contributed by atoms with Crippen LogP contribution in [0, 0.1) is 6.92 Å². The third kappa shape index (κ3) is 4.07. The number of carboxylic acids is 1. The molecule has 1 aliphatic carbocycles. The van der Waals surface area contributed by atoms with Crippen molar-refractivity contribution in [3.05, 3.63) is 29.3 Å². The molecule has 1 fully saturated rings. The van der Waals surface area contributed by atoms with Crippen molar-refractivity contribution < 1.29 is 23.1 Å². The molecule has 1 aromatic carbocycles. The lowest BCUT2D eigenvalue weighted by atomic mass is 9.74. The highest BCUT2D eigenvalue weighted by atomic mass is 32.2. The number of carbonyl (C=O) groups excluding carboxylic acids is 1. The minimum atomic E-state index is -3.67. The molecule has 0 radical (unpaired) electrons. The second-order valence-electron chi connectivity index (χ2n) is 6.72. The second kappa shape index (κ2) is 7.75. The first-order valence-electron chi connectivity index (χ1n) is 8.80. The minimum absolute atomic E-state index is 0.0674. The van der Waals surface area contributed by atoms with Crippen LogP contribution in [0.5, 0.6) is 0 Å². The number of nitrogens with one attached hydrogen (secondary N) is 1. The third-order valence-electron chi connectivity index (χ3n) is 4.98. The fourth-order valence-electron chi connectivity index (χ4n) is 3.27. The Hall–Kier alpha value is -1.93. The summed E-state index contributed by atoms with van der Waals surface area (Å²) in [5.74, 6) is -1.39. The lowest BCUT2D eigenvalue weighted by molar-refractivity contribution is -0.139. The van der Waals surface area contributed by atoms with Crippen molar-refractivity contribution >= 4 is 21.9 Å². The average Bonchev–Trinajstić information content (AvgIpc) is 2.53. The molecule has 0 aliphatic heterocycles. The molecule has 0 heterocycles. The lowest BCUT2D eigenvalue weighted by Crippen LogP contribution is -2.54. The molecule has 2 rings (SSSR count). The molecule has 1 amide bonds. The Morgan fingerprint density at radius 3 is 2.31 bits per heavy atom. The number of hydrogen-bond acceptors (Lipinski definition) is 4. The largest absolute Gasteiger partial charge is 0.481 e. The van der Waals surface area contributed by atoms with Gasteiger partial charge in [0.25, 0.3) is 5.91 Å². The summed E-state index contributed by atoms with van der Waals surface area (Å²) in [6.07, 6.45) is 1.96. The van der Waals surface area contributed by atoms with E-state index in [9.17, 15) is 18.0 Å². The molecule has 1 aromatic rings. The molecule has 0 aromatic heterocycles. The van der Waals surface area contributed by atoms with E-state index in [-0.39, 0.29) is 16.9 Å². The third-order valence-corrected chi connectivity index (χ3v) is 7.02. The Balaban J connectivity index is 2.32. The summed E-state index contributed by atoms with van der Waals surface area (Å²) in [6.45, 7) is 5.93. The molecule has 8 heteroatoms. The van der Waals surface area contributed by atoms with Crippen molar-refractivity contribution in [1.29, 1.82) is 0 Å². The highest BCUT2D eigenvalue weighted by Gasteiger charge is 2.40. The van der Waals surface area contributed by atoms with E-state index in [0.29, 0.717) is 31.5 Å². The summed E-state index contributed by atoms with van der Waals surface area (Å²) in [5, 5.41) is 11.9. The van der Waals surface area contributed by atoms with Crippen molar-refractivity contribution in [2.24, 2.45) is 0 Å². The SMILES string of the molecule is CCN(CC)S(=O)(=O)c1ccc(C)c(C(=O)NC2(CC(=O)O)CCC2)c1. The van der Waals surface area contributed by atoms with E-state index < -0.39 is 27.4 Å². The van der Waals surface area contributed by atoms with Crippen molar-refractivity contribution in [1.82, 2.24) is 9.62 Å². The van der Waals surface area contributed by atoms with Crippen LogP contribution in [0.3, 0.4) is 0 Å². The van der Waals surface area contributed by atoms with E-state index in [1.807, 2.05) is 0 Å². The molecule has 0 saturated heterocycles. The minimum Gasteiger partial charge on any atom is -0.481 e. The van der Waals surface area contributed by atoms with Crippen LogP contribution in [0.1, 0.15) is 55.5 Å². The lowest BCUT2D eigenvalue weighted by Gasteiger charge is -2.41. The van der Waals surface area contributed by atoms with Crippen molar-refractivity contribution in [2.45, 2.75) is 56.9 Å². The standard InChI is InChI=1S/C18H26N2O5S/c1-4-20(5-2)26(24,25)14-8-7-13(3)15(11-14)17(23)19-18(9-6-10-18)12-16(21)22/h7-8,11H,4-6,9-10,12H2,1-3H3,(H,19,23)(H,21,22). The molecule has 7 nitrogen and oxygen atoms in total. The summed E-state index contributed by atoms with van der Waals surface area (Å²) in [6, 6.07) is 4.48. The fourth-order valence-corrected chi connectivity index (χ4v) is 4.75. The van der Waals surface area contributed by atoms with Crippen molar-refractivity contribution in [3.8, 4) is 0 Å². The highest BCUT2D eigenvalue weighted by Crippen LogP contribution is 2.35. The van der Waals surface area contributed by atoms with Gasteiger partial charge in [0, 0.05) is 18.7 Å². The van der Waals surface area contributed by atoms with Crippen LogP contribution >= 0.6 is 0 Å². The Morgan fingerprint density at radius 1 is 1.23 bits per heavy atom. The van der Waals surface area contributed by atoms with Gasteiger partial charge in [-0.1, -0.05) is 19.9 Å². The first-order valence-corrected chi connectivity index (χ1v) is 10.2. The van der Waals surface area contributed by atoms with E-state index in [4.69, 9.17) is 5.11 Å². The molecule has 144 valence electrons. The smallest absolute Gasteiger partial charge is 0.305 e. The molecular weight excluding hydrogens is 356 g/mol. The van der Waals surface area contributed by atoms with E-state index in [1.54, 1.807) is 26.8 Å². The van der Waals surface area contributed by atoms with E-state index in [1.165, 1.54) is 16.4 Å². The van der Waals surface area contributed by atoms with Gasteiger partial charge < -0.3 is 10.4 Å². The van der Waals surface area contributed by atoms with Crippen LogP contribution in [-0.2, 0) is 14.8 Å². The predicted octanol–water partition coefficient (Wildman–Crippen LogP) is 2.15. The number of aliphatic carboxylic acids is 1. The molecular formula is C18H26N2O5S. The van der Waals surface area contributed by atoms with Gasteiger partial charge in [-0.3, -0.25) is 9.59 Å². The number of carbonyl (C=O) groups is 2. The number of aryl methyl sites for hydroxylation is 1. The molecule has 1 saturated carbocycles. The van der Waals surface area contributed by atoms with Crippen LogP contribution in [0.4, 0.5) is 0 Å². The van der Waals surface area contributed by atoms with Gasteiger partial charge in [0.05, 0.1) is 16.9 Å². The first kappa shape index (κ1) is 20.4. The number of sulfonamides is 1. The number of rotatable bonds is 8. The van der Waals surface area contributed by atoms with Gasteiger partial charge in [-0.15, -0.1) is 0 Å². The van der Waals surface area contributed by atoms with Crippen molar-refractivity contribution in [3.63, 3.8) is 0 Å². The van der Waals surface area contributed by atoms with Crippen LogP contribution in [0.2, 0.25) is 0 Å². The number of benzene rings is 1. The number of nitrogens with zero attached hydrogens (tertiary/aromatic N) is 1. The zero-order valence-corrected chi connectivity index (χ0v) is 16.2. The maximum absolute atomic E-state index is 12.7. The Morgan fingerprint density at radius 2 is 1.85 bits per heavy atom. The van der Waals surface area contributed by atoms with Gasteiger partial charge in [-0.25, -0.2) is 8.42 Å². The first-order chi connectivity index (χ1) is 12.1. The summed E-state index contributed by atoms with van der Waals surface area (Å²) >= 11 is 0. The normalized spacial score (nSPS) is 16.2. The quantitative estimate of drug-likeness (QED) is 0.717. The van der Waals surface area contributed by atoms with Crippen LogP contribution in [0.25, 0.3) is 0 Å². The molecule has 0 unspecified atom stereocenters. The Bertz CT molecular complexity index is 796. The maximum atomic E-state index is 12.7. The van der Waals surface area contributed by atoms with Gasteiger partial charge in [-0.2, -0.15) is 4.31 Å². The highest BCUT2D eigenvalue weighted by molar-refractivity contribution is 7.89. The van der Waals surface area contributed by atoms with Gasteiger partial charge in [0.15, 0.2) is 0 Å². The number of amides is 1. The summed E-state index contributed by atoms with van der Waals surface area (Å²) in [5.41, 5.74) is 0.170. The van der Waals surface area contributed by atoms with Gasteiger partial charge in [0.1, 0.15) is 0 Å². The van der Waals surface area contributed by atoms with Gasteiger partial charge >= 0.3 is 5.97 Å². The monoisotopic (exact) mass is 382 g/mol. The zero-order valence-electron chi connectivity index (χ0n) is 15.4. The molecule has 0 bridgehead atoms. The second-order valence-corrected chi connectivity index (χ2v) is 8.66. The summed E-state index contributed by atoms with van der Waals surface area (Å²) < 4.78 is 26.7. The molecule has 0 spiro atoms. The fraction of sp³-hybridized carbons (Fsp3) is 0.556. The van der Waals surface area contributed by atoms with Gasteiger partial charge in [0.2, 0.25) is 10.0 Å². The molecule has 2 N–H and O–H groups in total. The van der Waals surface area contributed by atoms with Crippen LogP contribution in [0.15, 0.2) is 23.1 Å². The average molecular weight is 382 g/mol. The van der Waals surface area contributed by atoms with E-state index in [0.717, 1.165) is 6.42 Å². The maximum Gasteiger partial charge on any atom is 0.305 e. The molecule has 0 atom stereocenters. The predicted molar refractivity (Wildman–Crippen MR) is 97.6 cm³/mol. The topological polar surface area (TPSA) is 104 Å². The zero-order chi connectivity index (χ0) is 19.5. The van der Waals surface area contributed by atoms with E-state index >= 15 is 0 Å². The van der Waals surface area contributed by atoms with Crippen LogP contribution in [-0.4, -0.2) is 48.3 Å².